The maximum Gasteiger partial charge on any atom is -0.0771 e. The van der Waals surface area contributed by atoms with Crippen LogP contribution >= 0.6 is 0 Å². The van der Waals surface area contributed by atoms with E-state index in [1.165, 1.54) is 62.5 Å². The summed E-state index contributed by atoms with van der Waals surface area (Å²) >= 11 is 1.47. The number of fused-ring (bicyclic) bond motifs is 3. The number of allylic oxidation sites excluding steroid dienone is 4. The predicted molar refractivity (Wildman–Crippen MR) is 146 cm³/mol. The zero-order chi connectivity index (χ0) is 24.0. The molecule has 0 aromatic heterocycles. The van der Waals surface area contributed by atoms with Gasteiger partial charge in [-0.15, -0.1) is 39.7 Å². The Kier molecular flexibility index (Phi) is 12.9. The van der Waals surface area contributed by atoms with Gasteiger partial charge in [0.05, 0.1) is 0 Å². The Morgan fingerprint density at radius 2 is 1.29 bits per heavy atom. The van der Waals surface area contributed by atoms with Gasteiger partial charge in [0.1, 0.15) is 0 Å². The van der Waals surface area contributed by atoms with E-state index in [9.17, 15) is 0 Å². The Morgan fingerprint density at radius 3 is 1.66 bits per heavy atom. The van der Waals surface area contributed by atoms with Gasteiger partial charge in [-0.1, -0.05) is 75.8 Å². The molecule has 4 aromatic carbocycles. The fourth-order valence-electron chi connectivity index (χ4n) is 4.21. The van der Waals surface area contributed by atoms with Crippen LogP contribution in [0.3, 0.4) is 0 Å². The zero-order valence-electron chi connectivity index (χ0n) is 21.5. The molecule has 0 N–H and O–H groups in total. The summed E-state index contributed by atoms with van der Waals surface area (Å²) in [5.74, 6) is 0.553. The molecule has 0 saturated carbocycles. The van der Waals surface area contributed by atoms with Gasteiger partial charge in [0.15, 0.2) is 0 Å². The van der Waals surface area contributed by atoms with Crippen LogP contribution in [0.4, 0.5) is 0 Å². The summed E-state index contributed by atoms with van der Waals surface area (Å²) in [4.78, 5) is 0. The van der Waals surface area contributed by atoms with E-state index in [1.807, 2.05) is 0 Å². The van der Waals surface area contributed by atoms with E-state index >= 15 is 0 Å². The molecule has 1 aliphatic rings. The van der Waals surface area contributed by atoms with Gasteiger partial charge in [-0.3, -0.25) is 6.08 Å². The molecule has 0 aliphatic heterocycles. The molecule has 182 valence electrons. The Balaban J connectivity index is 0.000000260. The average Bonchev–Trinajstić information content (AvgIpc) is 3.34. The van der Waals surface area contributed by atoms with Crippen molar-refractivity contribution < 1.29 is 49.0 Å². The minimum Gasteiger partial charge on any atom is -1.00 e. The van der Waals surface area contributed by atoms with Crippen LogP contribution in [0.25, 0.3) is 21.5 Å². The summed E-state index contributed by atoms with van der Waals surface area (Å²) in [5.41, 5.74) is 4.06. The van der Waals surface area contributed by atoms with E-state index in [0.29, 0.717) is 5.92 Å². The fourth-order valence-corrected chi connectivity index (χ4v) is 6.64. The van der Waals surface area contributed by atoms with Gasteiger partial charge in [0.2, 0.25) is 0 Å². The normalized spacial score (nSPS) is 14.3. The quantitative estimate of drug-likeness (QED) is 0.247. The number of hydrogen-bond donors (Lipinski definition) is 0. The van der Waals surface area contributed by atoms with Crippen LogP contribution in [0.15, 0.2) is 95.7 Å². The second kappa shape index (κ2) is 14.3. The number of hydrogen-bond acceptors (Lipinski definition) is 0. The van der Waals surface area contributed by atoms with E-state index in [4.69, 9.17) is 0 Å². The molecule has 0 spiro atoms. The van der Waals surface area contributed by atoms with Gasteiger partial charge in [0.25, 0.3) is 0 Å². The Hall–Kier alpha value is -1.44. The van der Waals surface area contributed by atoms with Crippen LogP contribution in [0.2, 0.25) is 19.6 Å². The first-order chi connectivity index (χ1) is 15.7. The SMILES string of the molecule is CC1=[C-]C(C)C=C1[Si](C)(C)C.Cc1ccc([CH]=[Zr+2])cc1.[Cl-].[Cl-].c1ccc2c(c1)[cH-]c1ccccc12. The molecule has 5 rings (SSSR count). The number of benzene rings is 3. The molecule has 0 nitrogen and oxygen atoms in total. The maximum absolute atomic E-state index is 3.43. The van der Waals surface area contributed by atoms with Gasteiger partial charge in [-0.25, -0.2) is 10.8 Å². The average molecular weight is 597 g/mol. The summed E-state index contributed by atoms with van der Waals surface area (Å²) in [6, 6.07) is 27.8. The third kappa shape index (κ3) is 8.87. The minimum absolute atomic E-state index is 0. The minimum atomic E-state index is -1.07. The summed E-state index contributed by atoms with van der Waals surface area (Å²) in [6.45, 7) is 13.7. The smallest absolute Gasteiger partial charge is 0.0771 e. The van der Waals surface area contributed by atoms with Crippen molar-refractivity contribution in [1.29, 1.82) is 0 Å². The molecule has 0 radical (unpaired) electrons. The largest absolute Gasteiger partial charge is 1.00 e. The Bertz CT molecular complexity index is 1240. The first-order valence-electron chi connectivity index (χ1n) is 11.6. The van der Waals surface area contributed by atoms with Crippen molar-refractivity contribution in [1.82, 2.24) is 0 Å². The van der Waals surface area contributed by atoms with E-state index in [0.717, 1.165) is 0 Å². The fraction of sp³-hybridized carbons (Fsp3) is 0.226. The van der Waals surface area contributed by atoms with E-state index in [2.05, 4.69) is 135 Å². The first kappa shape index (κ1) is 31.6. The molecule has 0 bridgehead atoms. The number of halogens is 2. The molecule has 0 fully saturated rings. The van der Waals surface area contributed by atoms with Crippen molar-refractivity contribution in [3.8, 4) is 0 Å². The Morgan fingerprint density at radius 1 is 0.800 bits per heavy atom. The molecule has 1 atom stereocenters. The van der Waals surface area contributed by atoms with Gasteiger partial charge in [0, 0.05) is 0 Å². The monoisotopic (exact) mass is 594 g/mol. The molecule has 0 amide bonds. The second-order valence-corrected chi connectivity index (χ2v) is 15.5. The third-order valence-electron chi connectivity index (χ3n) is 5.84. The summed E-state index contributed by atoms with van der Waals surface area (Å²) in [6.07, 6.45) is 5.81. The molecular formula is C31H34Cl2SiZr-2. The molecule has 0 saturated heterocycles. The van der Waals surface area contributed by atoms with Crippen LogP contribution in [0.5, 0.6) is 0 Å². The maximum atomic E-state index is 3.43. The predicted octanol–water partition coefficient (Wildman–Crippen LogP) is 2.60. The van der Waals surface area contributed by atoms with Crippen molar-refractivity contribution in [2.24, 2.45) is 5.92 Å². The summed E-state index contributed by atoms with van der Waals surface area (Å²) < 4.78 is 2.19. The van der Waals surface area contributed by atoms with Crippen LogP contribution in [0.1, 0.15) is 25.0 Å². The molecule has 4 heteroatoms. The van der Waals surface area contributed by atoms with Gasteiger partial charge >= 0.3 is 70.3 Å². The molecule has 1 unspecified atom stereocenters. The molecular weight excluding hydrogens is 563 g/mol. The molecule has 4 aromatic rings. The van der Waals surface area contributed by atoms with Crippen molar-refractivity contribution in [3.05, 3.63) is 113 Å². The first-order valence-corrected chi connectivity index (χ1v) is 16.5. The van der Waals surface area contributed by atoms with Crippen LogP contribution in [0, 0.1) is 18.9 Å². The van der Waals surface area contributed by atoms with Crippen molar-refractivity contribution in [2.45, 2.75) is 40.4 Å². The zero-order valence-corrected chi connectivity index (χ0v) is 26.5. The molecule has 35 heavy (non-hydrogen) atoms. The van der Waals surface area contributed by atoms with Crippen molar-refractivity contribution >= 4 is 33.3 Å². The van der Waals surface area contributed by atoms with Gasteiger partial charge < -0.3 is 24.8 Å². The van der Waals surface area contributed by atoms with E-state index in [1.54, 1.807) is 5.20 Å². The topological polar surface area (TPSA) is 0 Å². The molecule has 1 aliphatic carbocycles. The van der Waals surface area contributed by atoms with Crippen molar-refractivity contribution in [2.75, 3.05) is 0 Å². The summed E-state index contributed by atoms with van der Waals surface area (Å²) in [5, 5.41) is 6.99. The van der Waals surface area contributed by atoms with E-state index in [-0.39, 0.29) is 24.8 Å². The number of aryl methyl sites for hydroxylation is 1. The summed E-state index contributed by atoms with van der Waals surface area (Å²) in [7, 11) is -1.07. The van der Waals surface area contributed by atoms with E-state index < -0.39 is 8.07 Å². The number of rotatable bonds is 2. The van der Waals surface area contributed by atoms with Crippen LogP contribution < -0.4 is 24.8 Å². The second-order valence-electron chi connectivity index (χ2n) is 9.76. The third-order valence-corrected chi connectivity index (χ3v) is 8.82. The molecule has 0 heterocycles. The van der Waals surface area contributed by atoms with Gasteiger partial charge in [-0.05, 0) is 8.07 Å². The van der Waals surface area contributed by atoms with Gasteiger partial charge in [-0.2, -0.15) is 6.08 Å². The van der Waals surface area contributed by atoms with Crippen molar-refractivity contribution in [3.63, 3.8) is 0 Å². The standard InChI is InChI=1S/C13H9.C10H17Si.C8H8.2ClH.Zr/c1-3-7-12-10(5-1)9-11-6-2-4-8-13(11)12;1-8-6-9(2)10(7-8)11(3,4)5;1-7-3-5-8(2)6-4-7;;;/h1-9H;7-8H,1-5H3;1,3-6H,2H3;2*1H;/q2*-1;;;;+2/p-2. The van der Waals surface area contributed by atoms with Crippen LogP contribution in [-0.4, -0.2) is 11.8 Å². The Labute approximate surface area is 240 Å². The van der Waals surface area contributed by atoms with Crippen LogP contribution in [-0.2, 0) is 24.2 Å².